The lowest BCUT2D eigenvalue weighted by Gasteiger charge is -2.15. The van der Waals surface area contributed by atoms with Crippen LogP contribution >= 0.6 is 23.2 Å². The first-order valence-corrected chi connectivity index (χ1v) is 11.6. The van der Waals surface area contributed by atoms with Crippen LogP contribution in [-0.2, 0) is 10.0 Å². The van der Waals surface area contributed by atoms with Crippen LogP contribution in [0.4, 0.5) is 5.69 Å². The summed E-state index contributed by atoms with van der Waals surface area (Å²) < 4.78 is 34.2. The van der Waals surface area contributed by atoms with Crippen LogP contribution < -0.4 is 9.46 Å². The van der Waals surface area contributed by atoms with Crippen LogP contribution in [0.25, 0.3) is 10.9 Å². The van der Waals surface area contributed by atoms with Gasteiger partial charge < -0.3 is 4.74 Å². The number of ether oxygens (including phenoxy) is 1. The number of fused-ring (bicyclic) bond motifs is 1. The lowest BCUT2D eigenvalue weighted by molar-refractivity contribution is 0.478. The molecular formula is C23H18Cl2N2O3S. The van der Waals surface area contributed by atoms with Crippen molar-refractivity contribution in [3.05, 3.63) is 88.0 Å². The smallest absolute Gasteiger partial charge is 0.262 e. The fourth-order valence-electron chi connectivity index (χ4n) is 3.27. The molecular weight excluding hydrogens is 455 g/mol. The largest absolute Gasteiger partial charge is 0.454 e. The number of halogens is 2. The Kier molecular flexibility index (Phi) is 5.79. The van der Waals surface area contributed by atoms with Crippen LogP contribution in [0.1, 0.15) is 11.1 Å². The second-order valence-electron chi connectivity index (χ2n) is 7.09. The van der Waals surface area contributed by atoms with Gasteiger partial charge in [0.15, 0.2) is 0 Å². The van der Waals surface area contributed by atoms with Crippen molar-refractivity contribution < 1.29 is 13.2 Å². The Bertz CT molecular complexity index is 1380. The summed E-state index contributed by atoms with van der Waals surface area (Å²) in [6, 6.07) is 17.4. The van der Waals surface area contributed by atoms with Crippen LogP contribution in [0.5, 0.6) is 11.5 Å². The number of rotatable bonds is 5. The fourth-order valence-corrected chi connectivity index (χ4v) is 5.07. The first-order valence-electron chi connectivity index (χ1n) is 9.35. The minimum absolute atomic E-state index is 0.147. The molecule has 0 atom stereocenters. The maximum Gasteiger partial charge on any atom is 0.262 e. The zero-order valence-electron chi connectivity index (χ0n) is 16.7. The van der Waals surface area contributed by atoms with Crippen molar-refractivity contribution in [3.8, 4) is 11.5 Å². The van der Waals surface area contributed by atoms with Crippen molar-refractivity contribution in [3.63, 3.8) is 0 Å². The normalized spacial score (nSPS) is 11.5. The number of nitrogens with zero attached hydrogens (tertiary/aromatic N) is 1. The number of sulfonamides is 1. The third kappa shape index (κ3) is 4.61. The first kappa shape index (κ1) is 21.4. The summed E-state index contributed by atoms with van der Waals surface area (Å²) >= 11 is 12.4. The van der Waals surface area contributed by atoms with Crippen molar-refractivity contribution in [1.82, 2.24) is 4.98 Å². The molecule has 0 aliphatic rings. The van der Waals surface area contributed by atoms with Crippen LogP contribution in [0, 0.1) is 13.8 Å². The number of hydrogen-bond acceptors (Lipinski definition) is 4. The van der Waals surface area contributed by atoms with Gasteiger partial charge in [-0.3, -0.25) is 9.71 Å². The van der Waals surface area contributed by atoms with Gasteiger partial charge in [-0.2, -0.15) is 0 Å². The number of para-hydroxylation sites is 1. The molecule has 0 saturated carbocycles. The third-order valence-electron chi connectivity index (χ3n) is 4.69. The molecule has 158 valence electrons. The lowest BCUT2D eigenvalue weighted by Crippen LogP contribution is -2.14. The molecule has 0 saturated heterocycles. The SMILES string of the molecule is Cc1cc(Cl)ccc1S(=O)(=O)Nc1cc(C)c(Oc2cnc3ccccc3c2)c(Cl)c1. The Labute approximate surface area is 190 Å². The quantitative estimate of drug-likeness (QED) is 0.348. The number of pyridine rings is 1. The monoisotopic (exact) mass is 472 g/mol. The molecule has 5 nitrogen and oxygen atoms in total. The van der Waals surface area contributed by atoms with Crippen LogP contribution in [0.2, 0.25) is 10.0 Å². The van der Waals surface area contributed by atoms with Gasteiger partial charge in [-0.1, -0.05) is 41.4 Å². The Balaban J connectivity index is 1.62. The molecule has 4 rings (SSSR count). The molecule has 3 aromatic carbocycles. The Morgan fingerprint density at radius 3 is 2.45 bits per heavy atom. The van der Waals surface area contributed by atoms with Gasteiger partial charge in [0.05, 0.1) is 27.3 Å². The summed E-state index contributed by atoms with van der Waals surface area (Å²) in [5.74, 6) is 0.971. The number of benzene rings is 3. The zero-order chi connectivity index (χ0) is 22.2. The average Bonchev–Trinajstić information content (AvgIpc) is 2.70. The summed E-state index contributed by atoms with van der Waals surface area (Å²) in [4.78, 5) is 4.53. The van der Waals surface area contributed by atoms with Gasteiger partial charge in [0.25, 0.3) is 10.0 Å². The van der Waals surface area contributed by atoms with Gasteiger partial charge in [-0.25, -0.2) is 8.42 Å². The highest BCUT2D eigenvalue weighted by molar-refractivity contribution is 7.92. The van der Waals surface area contributed by atoms with E-state index in [1.807, 2.05) is 30.3 Å². The summed E-state index contributed by atoms with van der Waals surface area (Å²) in [5.41, 5.74) is 2.42. The Morgan fingerprint density at radius 1 is 0.935 bits per heavy atom. The lowest BCUT2D eigenvalue weighted by atomic mass is 10.2. The van der Waals surface area contributed by atoms with Crippen LogP contribution in [0.15, 0.2) is 71.8 Å². The molecule has 0 amide bonds. The van der Waals surface area contributed by atoms with E-state index in [9.17, 15) is 8.42 Å². The van der Waals surface area contributed by atoms with Crippen molar-refractivity contribution in [2.75, 3.05) is 4.72 Å². The van der Waals surface area contributed by atoms with E-state index in [-0.39, 0.29) is 9.92 Å². The topological polar surface area (TPSA) is 68.3 Å². The molecule has 0 spiro atoms. The van der Waals surface area contributed by atoms with Gasteiger partial charge in [0.1, 0.15) is 11.5 Å². The molecule has 31 heavy (non-hydrogen) atoms. The summed E-state index contributed by atoms with van der Waals surface area (Å²) in [7, 11) is -3.81. The molecule has 1 aromatic heterocycles. The minimum atomic E-state index is -3.81. The van der Waals surface area contributed by atoms with Crippen LogP contribution in [-0.4, -0.2) is 13.4 Å². The number of aryl methyl sites for hydroxylation is 2. The highest BCUT2D eigenvalue weighted by Crippen LogP contribution is 2.36. The van der Waals surface area contributed by atoms with Gasteiger partial charge in [0, 0.05) is 10.4 Å². The van der Waals surface area contributed by atoms with Gasteiger partial charge in [0.2, 0.25) is 0 Å². The molecule has 1 N–H and O–H groups in total. The standard InChI is InChI=1S/C23H18Cl2N2O3S/c1-14-9-17(24)7-8-22(14)31(28,29)27-18-10-15(2)23(20(25)12-18)30-19-11-16-5-3-4-6-21(16)26-13-19/h3-13,27H,1-2H3. The van der Waals surface area contributed by atoms with Crippen molar-refractivity contribution in [1.29, 1.82) is 0 Å². The number of aromatic nitrogens is 1. The molecule has 0 radical (unpaired) electrons. The van der Waals surface area contributed by atoms with E-state index < -0.39 is 10.0 Å². The Hall–Kier alpha value is -2.80. The molecule has 0 fully saturated rings. The fraction of sp³-hybridized carbons (Fsp3) is 0.0870. The van der Waals surface area contributed by atoms with E-state index in [1.54, 1.807) is 32.2 Å². The molecule has 0 bridgehead atoms. The maximum absolute atomic E-state index is 12.8. The molecule has 0 unspecified atom stereocenters. The summed E-state index contributed by atoms with van der Waals surface area (Å²) in [6.45, 7) is 3.48. The highest BCUT2D eigenvalue weighted by Gasteiger charge is 2.19. The second kappa shape index (κ2) is 8.38. The van der Waals surface area contributed by atoms with E-state index in [4.69, 9.17) is 27.9 Å². The van der Waals surface area contributed by atoms with E-state index in [1.165, 1.54) is 18.2 Å². The minimum Gasteiger partial charge on any atom is -0.454 e. The van der Waals surface area contributed by atoms with E-state index >= 15 is 0 Å². The van der Waals surface area contributed by atoms with Crippen LogP contribution in [0.3, 0.4) is 0 Å². The number of hydrogen-bond donors (Lipinski definition) is 1. The number of anilines is 1. The van der Waals surface area contributed by atoms with Gasteiger partial charge in [-0.15, -0.1) is 0 Å². The molecule has 4 aromatic rings. The first-order chi connectivity index (χ1) is 14.7. The Morgan fingerprint density at radius 2 is 1.71 bits per heavy atom. The summed E-state index contributed by atoms with van der Waals surface area (Å²) in [5, 5.41) is 1.69. The number of nitrogens with one attached hydrogen (secondary N) is 1. The van der Waals surface area contributed by atoms with E-state index in [0.717, 1.165) is 10.9 Å². The van der Waals surface area contributed by atoms with Gasteiger partial charge >= 0.3 is 0 Å². The van der Waals surface area contributed by atoms with E-state index in [2.05, 4.69) is 9.71 Å². The molecule has 0 aliphatic carbocycles. The second-order valence-corrected chi connectivity index (χ2v) is 9.58. The van der Waals surface area contributed by atoms with Gasteiger partial charge in [-0.05, 0) is 67.4 Å². The zero-order valence-corrected chi connectivity index (χ0v) is 19.0. The molecule has 1 heterocycles. The highest BCUT2D eigenvalue weighted by atomic mass is 35.5. The van der Waals surface area contributed by atoms with Crippen molar-refractivity contribution in [2.24, 2.45) is 0 Å². The van der Waals surface area contributed by atoms with Crippen molar-refractivity contribution in [2.45, 2.75) is 18.7 Å². The average molecular weight is 473 g/mol. The molecule has 0 aliphatic heterocycles. The van der Waals surface area contributed by atoms with E-state index in [0.29, 0.717) is 33.3 Å². The van der Waals surface area contributed by atoms with Crippen molar-refractivity contribution >= 4 is 49.8 Å². The maximum atomic E-state index is 12.8. The third-order valence-corrected chi connectivity index (χ3v) is 6.75. The predicted molar refractivity (Wildman–Crippen MR) is 125 cm³/mol. The predicted octanol–water partition coefficient (Wildman–Crippen LogP) is 6.75. The molecule has 8 heteroatoms. The summed E-state index contributed by atoms with van der Waals surface area (Å²) in [6.07, 6.45) is 1.62.